The molecule has 0 aromatic rings. The van der Waals surface area contributed by atoms with Crippen LogP contribution in [0.25, 0.3) is 0 Å². The summed E-state index contributed by atoms with van der Waals surface area (Å²) in [7, 11) is 0. The fourth-order valence-electron chi connectivity index (χ4n) is 4.38. The molecule has 3 rings (SSSR count). The van der Waals surface area contributed by atoms with Crippen LogP contribution in [0.5, 0.6) is 0 Å². The lowest BCUT2D eigenvalue weighted by Gasteiger charge is -2.43. The van der Waals surface area contributed by atoms with Gasteiger partial charge in [-0.2, -0.15) is 0 Å². The van der Waals surface area contributed by atoms with E-state index in [-0.39, 0.29) is 23.5 Å². The Labute approximate surface area is 125 Å². The van der Waals surface area contributed by atoms with E-state index in [0.29, 0.717) is 18.8 Å². The maximum atomic E-state index is 12.4. The fourth-order valence-corrected chi connectivity index (χ4v) is 4.38. The monoisotopic (exact) mass is 291 g/mol. The quantitative estimate of drug-likeness (QED) is 0.465. The minimum Gasteiger partial charge on any atom is -0.300 e. The summed E-state index contributed by atoms with van der Waals surface area (Å²) < 4.78 is 0. The first-order chi connectivity index (χ1) is 10.0. The number of hydrogen-bond donors (Lipinski definition) is 2. The molecular weight excluding hydrogens is 266 g/mol. The summed E-state index contributed by atoms with van der Waals surface area (Å²) >= 11 is 0. The molecule has 0 radical (unpaired) electrons. The van der Waals surface area contributed by atoms with Crippen molar-refractivity contribution < 1.29 is 4.79 Å². The van der Waals surface area contributed by atoms with Gasteiger partial charge >= 0.3 is 0 Å². The third kappa shape index (κ3) is 2.40. The Morgan fingerprint density at radius 2 is 2.19 bits per heavy atom. The molecule has 6 nitrogen and oxygen atoms in total. The smallest absolute Gasteiger partial charge is 0.243 e. The summed E-state index contributed by atoms with van der Waals surface area (Å²) in [6.45, 7) is 4.63. The number of nitrogens with two attached hydrogens (primary N) is 1. The highest BCUT2D eigenvalue weighted by molar-refractivity contribution is 5.98. The van der Waals surface area contributed by atoms with E-state index < -0.39 is 0 Å². The Bertz CT molecular complexity index is 479. The van der Waals surface area contributed by atoms with Gasteiger partial charge in [0.25, 0.3) is 0 Å². The Hall–Kier alpha value is -1.27. The molecule has 2 bridgehead atoms. The van der Waals surface area contributed by atoms with Crippen LogP contribution < -0.4 is 5.84 Å². The van der Waals surface area contributed by atoms with Crippen LogP contribution in [0, 0.1) is 5.41 Å². The zero-order valence-electron chi connectivity index (χ0n) is 12.6. The maximum Gasteiger partial charge on any atom is 0.243 e. The third-order valence-electron chi connectivity index (χ3n) is 5.67. The topological polar surface area (TPSA) is 85.8 Å². The average molecular weight is 291 g/mol. The molecule has 1 heterocycles. The molecule has 2 aliphatic carbocycles. The van der Waals surface area contributed by atoms with Crippen molar-refractivity contribution in [2.24, 2.45) is 10.8 Å². The number of fused-ring (bicyclic) bond motifs is 2. The van der Waals surface area contributed by atoms with Crippen molar-refractivity contribution in [2.75, 3.05) is 13.1 Å². The fraction of sp³-hybridized carbons (Fsp3) is 0.800. The Balaban J connectivity index is 1.68. The van der Waals surface area contributed by atoms with Crippen molar-refractivity contribution in [1.82, 2.24) is 9.91 Å². The van der Waals surface area contributed by atoms with Crippen LogP contribution in [0.4, 0.5) is 0 Å². The van der Waals surface area contributed by atoms with Crippen molar-refractivity contribution >= 4 is 18.5 Å². The van der Waals surface area contributed by atoms with Crippen molar-refractivity contribution in [3.63, 3.8) is 0 Å². The lowest BCUT2D eigenvalue weighted by atomic mass is 9.78. The summed E-state index contributed by atoms with van der Waals surface area (Å²) in [5.41, 5.74) is -0.115. The highest BCUT2D eigenvalue weighted by atomic mass is 16.2. The molecule has 3 N–H and O–H groups in total. The van der Waals surface area contributed by atoms with Crippen LogP contribution in [-0.4, -0.2) is 52.5 Å². The third-order valence-corrected chi connectivity index (χ3v) is 5.67. The van der Waals surface area contributed by atoms with E-state index in [2.05, 4.69) is 11.7 Å². The van der Waals surface area contributed by atoms with Gasteiger partial charge in [-0.3, -0.25) is 25.9 Å². The second-order valence-corrected chi connectivity index (χ2v) is 6.86. The second-order valence-electron chi connectivity index (χ2n) is 6.86. The zero-order chi connectivity index (χ0) is 15.1. The number of amides is 1. The molecular formula is C15H25N5O. The Morgan fingerprint density at radius 3 is 2.86 bits per heavy atom. The number of nitrogens with one attached hydrogen (secondary N) is 1. The predicted octanol–water partition coefficient (Wildman–Crippen LogP) is 1.31. The van der Waals surface area contributed by atoms with Gasteiger partial charge in [-0.15, -0.1) is 0 Å². The molecule has 0 spiro atoms. The lowest BCUT2D eigenvalue weighted by molar-refractivity contribution is -0.130. The molecule has 6 heteroatoms. The van der Waals surface area contributed by atoms with Gasteiger partial charge in [0.1, 0.15) is 5.84 Å². The predicted molar refractivity (Wildman–Crippen MR) is 82.3 cm³/mol. The van der Waals surface area contributed by atoms with E-state index in [4.69, 9.17) is 11.3 Å². The number of rotatable bonds is 4. The zero-order valence-corrected chi connectivity index (χ0v) is 12.6. The average Bonchev–Trinajstić information content (AvgIpc) is 3.02. The van der Waals surface area contributed by atoms with Crippen LogP contribution in [-0.2, 0) is 4.79 Å². The number of amidine groups is 1. The van der Waals surface area contributed by atoms with Crippen LogP contribution in [0.15, 0.2) is 4.99 Å². The van der Waals surface area contributed by atoms with Gasteiger partial charge in [-0.05, 0) is 51.7 Å². The number of nitrogens with zero attached hydrogens (tertiary/aromatic N) is 3. The van der Waals surface area contributed by atoms with Crippen molar-refractivity contribution in [3.05, 3.63) is 0 Å². The minimum absolute atomic E-state index is 0.0146. The first-order valence-corrected chi connectivity index (χ1v) is 7.88. The van der Waals surface area contributed by atoms with E-state index in [0.717, 1.165) is 44.9 Å². The molecule has 0 aromatic carbocycles. The van der Waals surface area contributed by atoms with Gasteiger partial charge in [0, 0.05) is 18.5 Å². The van der Waals surface area contributed by atoms with Crippen molar-refractivity contribution in [2.45, 2.75) is 62.4 Å². The van der Waals surface area contributed by atoms with Crippen molar-refractivity contribution in [3.8, 4) is 0 Å². The van der Waals surface area contributed by atoms with Gasteiger partial charge in [0.2, 0.25) is 5.91 Å². The SMILES string of the molecule is C=NC12CCCC(N(N)CC(=O)N3CCCC3=N)(CC1)C2. The summed E-state index contributed by atoms with van der Waals surface area (Å²) in [6, 6.07) is 0. The highest BCUT2D eigenvalue weighted by Crippen LogP contribution is 2.51. The molecule has 2 saturated carbocycles. The molecule has 1 saturated heterocycles. The van der Waals surface area contributed by atoms with Gasteiger partial charge in [0.15, 0.2) is 0 Å². The van der Waals surface area contributed by atoms with Crippen LogP contribution in [0.1, 0.15) is 51.4 Å². The van der Waals surface area contributed by atoms with Crippen LogP contribution in [0.2, 0.25) is 0 Å². The molecule has 3 fully saturated rings. The van der Waals surface area contributed by atoms with E-state index in [9.17, 15) is 4.79 Å². The highest BCUT2D eigenvalue weighted by Gasteiger charge is 2.53. The minimum atomic E-state index is -0.100. The van der Waals surface area contributed by atoms with Crippen LogP contribution in [0.3, 0.4) is 0 Å². The molecule has 1 aliphatic heterocycles. The summed E-state index contributed by atoms with van der Waals surface area (Å²) in [6.07, 6.45) is 7.76. The number of carbonyl (C=O) groups excluding carboxylic acids is 1. The van der Waals surface area contributed by atoms with Gasteiger partial charge in [0.05, 0.1) is 12.1 Å². The first-order valence-electron chi connectivity index (χ1n) is 7.88. The molecule has 0 aromatic heterocycles. The summed E-state index contributed by atoms with van der Waals surface area (Å²) in [4.78, 5) is 18.3. The summed E-state index contributed by atoms with van der Waals surface area (Å²) in [5, 5.41) is 9.55. The molecule has 116 valence electrons. The Kier molecular flexibility index (Phi) is 3.61. The van der Waals surface area contributed by atoms with Gasteiger partial charge < -0.3 is 0 Å². The molecule has 21 heavy (non-hydrogen) atoms. The van der Waals surface area contributed by atoms with E-state index in [1.807, 2.05) is 0 Å². The molecule has 2 atom stereocenters. The lowest BCUT2D eigenvalue weighted by Crippen LogP contribution is -2.57. The number of likely N-dealkylation sites (tertiary alicyclic amines) is 1. The normalized spacial score (nSPS) is 35.5. The van der Waals surface area contributed by atoms with Gasteiger partial charge in [-0.1, -0.05) is 0 Å². The van der Waals surface area contributed by atoms with E-state index >= 15 is 0 Å². The number of carbonyl (C=O) groups is 1. The number of hydrogen-bond acceptors (Lipinski definition) is 5. The molecule has 1 amide bonds. The largest absolute Gasteiger partial charge is 0.300 e. The first kappa shape index (κ1) is 14.7. The summed E-state index contributed by atoms with van der Waals surface area (Å²) in [5.74, 6) is 6.70. The Morgan fingerprint density at radius 1 is 1.38 bits per heavy atom. The molecule has 3 aliphatic rings. The molecule has 2 unspecified atom stereocenters. The van der Waals surface area contributed by atoms with Crippen LogP contribution >= 0.6 is 0 Å². The van der Waals surface area contributed by atoms with E-state index in [1.165, 1.54) is 0 Å². The number of aliphatic imine (C=N–C) groups is 1. The number of hydrazine groups is 1. The second kappa shape index (κ2) is 5.18. The van der Waals surface area contributed by atoms with Crippen molar-refractivity contribution in [1.29, 1.82) is 5.41 Å². The maximum absolute atomic E-state index is 12.4. The van der Waals surface area contributed by atoms with Gasteiger partial charge in [-0.25, -0.2) is 5.01 Å². The standard InChI is InChI=1S/C15H25N5O/c1-18-14-5-3-6-15(11-14,8-7-14)20(17)10-13(21)19-9-2-4-12(19)16/h16H,1-11,17H2. The van der Waals surface area contributed by atoms with E-state index in [1.54, 1.807) is 9.91 Å².